The van der Waals surface area contributed by atoms with E-state index in [1.54, 1.807) is 0 Å². The quantitative estimate of drug-likeness (QED) is 0.659. The minimum atomic E-state index is -0.150. The zero-order valence-electron chi connectivity index (χ0n) is 9.33. The fourth-order valence-corrected chi connectivity index (χ4v) is 1.89. The van der Waals surface area contributed by atoms with Crippen LogP contribution in [0.3, 0.4) is 0 Å². The Kier molecular flexibility index (Phi) is 5.45. The molecule has 1 saturated carbocycles. The highest BCUT2D eigenvalue weighted by molar-refractivity contribution is 4.79. The molecule has 2 atom stereocenters. The molecule has 1 fully saturated rings. The number of aliphatic hydroxyl groups is 1. The summed E-state index contributed by atoms with van der Waals surface area (Å²) in [6.45, 7) is 5.66. The molecule has 0 unspecified atom stereocenters. The second-order valence-corrected chi connectivity index (χ2v) is 4.33. The first-order valence-electron chi connectivity index (χ1n) is 5.73. The van der Waals surface area contributed by atoms with Crippen molar-refractivity contribution in [2.24, 2.45) is 0 Å². The normalized spacial score (nSPS) is 28.3. The van der Waals surface area contributed by atoms with Gasteiger partial charge in [-0.05, 0) is 26.7 Å². The molecule has 0 heterocycles. The maximum absolute atomic E-state index is 9.67. The summed E-state index contributed by atoms with van der Waals surface area (Å²) in [7, 11) is 0. The maximum Gasteiger partial charge on any atom is 0.0693 e. The molecule has 3 heteroatoms. The Balaban J connectivity index is 2.04. The summed E-state index contributed by atoms with van der Waals surface area (Å²) in [6.07, 6.45) is 4.60. The molecule has 1 aliphatic rings. The molecule has 0 bridgehead atoms. The largest absolute Gasteiger partial charge is 0.392 e. The predicted molar refractivity (Wildman–Crippen MR) is 57.4 cm³/mol. The van der Waals surface area contributed by atoms with Gasteiger partial charge in [0.15, 0.2) is 0 Å². The van der Waals surface area contributed by atoms with Crippen LogP contribution in [0.1, 0.15) is 39.5 Å². The summed E-state index contributed by atoms with van der Waals surface area (Å²) in [5.74, 6) is 0. The minimum absolute atomic E-state index is 0.150. The monoisotopic (exact) mass is 201 g/mol. The SMILES string of the molecule is CC(C)OCCN[C@@H]1CCCC[C@H]1O. The Hall–Kier alpha value is -0.120. The zero-order chi connectivity index (χ0) is 10.4. The van der Waals surface area contributed by atoms with Crippen LogP contribution in [0.15, 0.2) is 0 Å². The number of nitrogens with one attached hydrogen (secondary N) is 1. The fourth-order valence-electron chi connectivity index (χ4n) is 1.89. The van der Waals surface area contributed by atoms with E-state index >= 15 is 0 Å². The highest BCUT2D eigenvalue weighted by atomic mass is 16.5. The fraction of sp³-hybridized carbons (Fsp3) is 1.00. The lowest BCUT2D eigenvalue weighted by molar-refractivity contribution is 0.0618. The van der Waals surface area contributed by atoms with E-state index in [9.17, 15) is 5.11 Å². The molecule has 14 heavy (non-hydrogen) atoms. The molecule has 0 radical (unpaired) electrons. The predicted octanol–water partition coefficient (Wildman–Crippen LogP) is 1.30. The van der Waals surface area contributed by atoms with Crippen molar-refractivity contribution in [1.29, 1.82) is 0 Å². The van der Waals surface area contributed by atoms with Gasteiger partial charge in [0.05, 0.1) is 18.8 Å². The van der Waals surface area contributed by atoms with Gasteiger partial charge in [-0.15, -0.1) is 0 Å². The molecule has 84 valence electrons. The van der Waals surface area contributed by atoms with E-state index in [2.05, 4.69) is 5.32 Å². The Bertz CT molecular complexity index is 150. The van der Waals surface area contributed by atoms with E-state index in [1.807, 2.05) is 13.8 Å². The topological polar surface area (TPSA) is 41.5 Å². The summed E-state index contributed by atoms with van der Waals surface area (Å²) >= 11 is 0. The van der Waals surface area contributed by atoms with Gasteiger partial charge in [-0.25, -0.2) is 0 Å². The molecule has 0 spiro atoms. The minimum Gasteiger partial charge on any atom is -0.392 e. The maximum atomic E-state index is 9.67. The highest BCUT2D eigenvalue weighted by Crippen LogP contribution is 2.17. The van der Waals surface area contributed by atoms with Gasteiger partial charge in [-0.2, -0.15) is 0 Å². The Morgan fingerprint density at radius 1 is 1.36 bits per heavy atom. The molecule has 2 N–H and O–H groups in total. The third-order valence-corrected chi connectivity index (χ3v) is 2.69. The molecular formula is C11H23NO2. The summed E-state index contributed by atoms with van der Waals surface area (Å²) in [6, 6.07) is 0.291. The molecule has 1 aliphatic carbocycles. The van der Waals surface area contributed by atoms with Crippen molar-refractivity contribution in [2.75, 3.05) is 13.2 Å². The van der Waals surface area contributed by atoms with Gasteiger partial charge in [0, 0.05) is 12.6 Å². The van der Waals surface area contributed by atoms with Crippen LogP contribution in [0.5, 0.6) is 0 Å². The molecule has 0 aromatic carbocycles. The lowest BCUT2D eigenvalue weighted by Gasteiger charge is -2.28. The van der Waals surface area contributed by atoms with Crippen molar-refractivity contribution >= 4 is 0 Å². The second kappa shape index (κ2) is 6.38. The van der Waals surface area contributed by atoms with E-state index in [-0.39, 0.29) is 6.10 Å². The Morgan fingerprint density at radius 2 is 2.07 bits per heavy atom. The van der Waals surface area contributed by atoms with Crippen molar-refractivity contribution in [3.05, 3.63) is 0 Å². The average Bonchev–Trinajstić information content (AvgIpc) is 2.15. The lowest BCUT2D eigenvalue weighted by Crippen LogP contribution is -2.43. The van der Waals surface area contributed by atoms with Gasteiger partial charge in [-0.1, -0.05) is 12.8 Å². The Morgan fingerprint density at radius 3 is 2.71 bits per heavy atom. The summed E-state index contributed by atoms with van der Waals surface area (Å²) in [5.41, 5.74) is 0. The molecule has 1 rings (SSSR count). The van der Waals surface area contributed by atoms with E-state index in [0.29, 0.717) is 12.1 Å². The van der Waals surface area contributed by atoms with Crippen LogP contribution < -0.4 is 5.32 Å². The summed E-state index contributed by atoms with van der Waals surface area (Å²) in [4.78, 5) is 0. The van der Waals surface area contributed by atoms with Gasteiger partial charge < -0.3 is 15.2 Å². The van der Waals surface area contributed by atoms with Gasteiger partial charge >= 0.3 is 0 Å². The molecule has 0 saturated heterocycles. The highest BCUT2D eigenvalue weighted by Gasteiger charge is 2.21. The first-order valence-corrected chi connectivity index (χ1v) is 5.73. The van der Waals surface area contributed by atoms with Gasteiger partial charge in [-0.3, -0.25) is 0 Å². The summed E-state index contributed by atoms with van der Waals surface area (Å²) in [5, 5.41) is 13.0. The van der Waals surface area contributed by atoms with Crippen molar-refractivity contribution < 1.29 is 9.84 Å². The van der Waals surface area contributed by atoms with E-state index < -0.39 is 0 Å². The number of ether oxygens (including phenoxy) is 1. The zero-order valence-corrected chi connectivity index (χ0v) is 9.33. The first-order chi connectivity index (χ1) is 6.70. The van der Waals surface area contributed by atoms with E-state index in [4.69, 9.17) is 4.74 Å². The number of aliphatic hydroxyl groups excluding tert-OH is 1. The van der Waals surface area contributed by atoms with Crippen LogP contribution in [-0.4, -0.2) is 36.5 Å². The number of hydrogen-bond donors (Lipinski definition) is 2. The molecule has 0 amide bonds. The van der Waals surface area contributed by atoms with Gasteiger partial charge in [0.2, 0.25) is 0 Å². The van der Waals surface area contributed by atoms with E-state index in [1.165, 1.54) is 12.8 Å². The van der Waals surface area contributed by atoms with Crippen molar-refractivity contribution in [3.8, 4) is 0 Å². The van der Waals surface area contributed by atoms with Crippen LogP contribution in [0.4, 0.5) is 0 Å². The Labute approximate surface area is 86.8 Å². The van der Waals surface area contributed by atoms with Crippen LogP contribution in [0.2, 0.25) is 0 Å². The van der Waals surface area contributed by atoms with Crippen molar-refractivity contribution in [2.45, 2.75) is 57.8 Å². The molecule has 0 aromatic rings. The lowest BCUT2D eigenvalue weighted by atomic mass is 9.93. The standard InChI is InChI=1S/C11H23NO2/c1-9(2)14-8-7-12-10-5-3-4-6-11(10)13/h9-13H,3-8H2,1-2H3/t10-,11-/m1/s1. The van der Waals surface area contributed by atoms with Crippen molar-refractivity contribution in [3.63, 3.8) is 0 Å². The third kappa shape index (κ3) is 4.40. The van der Waals surface area contributed by atoms with Crippen LogP contribution in [0.25, 0.3) is 0 Å². The van der Waals surface area contributed by atoms with Crippen LogP contribution >= 0.6 is 0 Å². The smallest absolute Gasteiger partial charge is 0.0693 e. The average molecular weight is 201 g/mol. The number of hydrogen-bond acceptors (Lipinski definition) is 3. The van der Waals surface area contributed by atoms with Crippen molar-refractivity contribution in [1.82, 2.24) is 5.32 Å². The first kappa shape index (κ1) is 12.0. The second-order valence-electron chi connectivity index (χ2n) is 4.33. The summed E-state index contributed by atoms with van der Waals surface area (Å²) < 4.78 is 5.42. The van der Waals surface area contributed by atoms with Gasteiger partial charge in [0.1, 0.15) is 0 Å². The van der Waals surface area contributed by atoms with Crippen LogP contribution in [0, 0.1) is 0 Å². The molecule has 0 aliphatic heterocycles. The third-order valence-electron chi connectivity index (χ3n) is 2.69. The van der Waals surface area contributed by atoms with Gasteiger partial charge in [0.25, 0.3) is 0 Å². The van der Waals surface area contributed by atoms with E-state index in [0.717, 1.165) is 26.0 Å². The molecular weight excluding hydrogens is 178 g/mol. The molecule has 3 nitrogen and oxygen atoms in total. The van der Waals surface area contributed by atoms with Crippen LogP contribution in [-0.2, 0) is 4.74 Å². The molecule has 0 aromatic heterocycles. The number of rotatable bonds is 5.